The summed E-state index contributed by atoms with van der Waals surface area (Å²) >= 11 is 0. The zero-order valence-electron chi connectivity index (χ0n) is 34.4. The molecule has 0 radical (unpaired) electrons. The molecule has 0 bridgehead atoms. The van der Waals surface area contributed by atoms with Crippen molar-refractivity contribution in [1.29, 1.82) is 0 Å². The van der Waals surface area contributed by atoms with E-state index in [0.29, 0.717) is 12.0 Å². The van der Waals surface area contributed by atoms with E-state index in [1.165, 1.54) is 24.0 Å². The van der Waals surface area contributed by atoms with Crippen LogP contribution in [0.1, 0.15) is 85.1 Å². The van der Waals surface area contributed by atoms with Crippen LogP contribution in [-0.2, 0) is 44.8 Å². The van der Waals surface area contributed by atoms with Gasteiger partial charge >= 0.3 is 5.97 Å². The maximum atomic E-state index is 14.0. The smallest absolute Gasteiger partial charge is 0.303 e. The van der Waals surface area contributed by atoms with Gasteiger partial charge in [0, 0.05) is 44.7 Å². The van der Waals surface area contributed by atoms with Gasteiger partial charge in [-0.3, -0.25) is 43.3 Å². The summed E-state index contributed by atoms with van der Waals surface area (Å²) in [7, 11) is 0. The summed E-state index contributed by atoms with van der Waals surface area (Å²) in [5.41, 5.74) is 22.7. The van der Waals surface area contributed by atoms with Crippen LogP contribution < -0.4 is 44.2 Å². The Hall–Kier alpha value is -5.79. The van der Waals surface area contributed by atoms with Gasteiger partial charge in [-0.2, -0.15) is 0 Å². The Balaban J connectivity index is 2.26. The summed E-state index contributed by atoms with van der Waals surface area (Å²) in [5, 5.41) is 29.8. The molecular weight excluding hydrogens is 768 g/mol. The summed E-state index contributed by atoms with van der Waals surface area (Å²) < 4.78 is 0. The average molecular weight is 831 g/mol. The van der Waals surface area contributed by atoms with Gasteiger partial charge < -0.3 is 59.3 Å². The molecule has 0 saturated carbocycles. The molecule has 2 rings (SSSR count). The predicted octanol–water partition coefficient (Wildman–Crippen LogP) is -1.50. The molecule has 328 valence electrons. The fraction of sp³-hybridized carbons (Fsp3) is 0.615. The number of carbonyl (C=O) groups excluding carboxylic acids is 7. The second kappa shape index (κ2) is 23.6. The normalized spacial score (nSPS) is 16.9. The van der Waals surface area contributed by atoms with Gasteiger partial charge in [0.25, 0.3) is 0 Å². The van der Waals surface area contributed by atoms with E-state index in [2.05, 4.69) is 26.3 Å². The number of nitrogens with one attached hydrogen (secondary N) is 4. The first-order valence-electron chi connectivity index (χ1n) is 19.7. The van der Waals surface area contributed by atoms with E-state index in [-0.39, 0.29) is 69.2 Å². The van der Waals surface area contributed by atoms with Crippen molar-refractivity contribution in [3.8, 4) is 5.75 Å². The number of amides is 6. The standard InChI is InChI=1S/C39H62N10O10/c1-20(2)15-24(35(56)45-22(5)34(41)55)17-30(51)28(12-13-32(53)54)47-38(59)33(21(3)4)49-19-25(18-31(49)52)46-37(58)29(16-23-8-10-26(50)11-9-23)48-36(57)27(40)7-6-14-44-39(42)43/h8-11,20-22,24-25,27-29,33,50H,6-7,12-19,40H2,1-5H3,(H2,41,55)(H,45,56)(H,46,58)(H,47,59)(H,48,57)(H,53,54)(H4,42,43,44)/t22-,24+,25+,27-,28-,29-,33-/m1/s1. The number of aliphatic imine (C=N–C) groups is 1. The highest BCUT2D eigenvalue weighted by atomic mass is 16.4. The van der Waals surface area contributed by atoms with E-state index in [0.717, 1.165) is 0 Å². The van der Waals surface area contributed by atoms with Crippen LogP contribution >= 0.6 is 0 Å². The maximum absolute atomic E-state index is 14.0. The molecule has 1 aliphatic rings. The van der Waals surface area contributed by atoms with E-state index in [9.17, 15) is 48.6 Å². The molecular formula is C39H62N10O10. The van der Waals surface area contributed by atoms with Gasteiger partial charge in [0.2, 0.25) is 35.4 Å². The van der Waals surface area contributed by atoms with E-state index < -0.39 is 102 Å². The molecule has 59 heavy (non-hydrogen) atoms. The number of phenolic OH excluding ortho intramolecular Hbond substituents is 1. The first-order valence-corrected chi connectivity index (χ1v) is 19.7. The second-order valence-corrected chi connectivity index (χ2v) is 15.8. The average Bonchev–Trinajstić information content (AvgIpc) is 3.49. The number of nitrogens with zero attached hydrogens (tertiary/aromatic N) is 2. The summed E-state index contributed by atoms with van der Waals surface area (Å²) in [4.78, 5) is 109. The van der Waals surface area contributed by atoms with Crippen LogP contribution in [0, 0.1) is 17.8 Å². The zero-order valence-corrected chi connectivity index (χ0v) is 34.4. The number of primary amides is 1. The molecule has 1 saturated heterocycles. The lowest BCUT2D eigenvalue weighted by molar-refractivity contribution is -0.141. The quantitative estimate of drug-likeness (QED) is 0.0305. The number of phenols is 1. The number of aliphatic carboxylic acids is 1. The second-order valence-electron chi connectivity index (χ2n) is 15.8. The summed E-state index contributed by atoms with van der Waals surface area (Å²) in [6.07, 6.45) is -0.461. The number of rotatable bonds is 25. The number of hydrogen-bond donors (Lipinski definition) is 10. The zero-order chi connectivity index (χ0) is 44.6. The lowest BCUT2D eigenvalue weighted by Crippen LogP contribution is -2.56. The van der Waals surface area contributed by atoms with Crippen molar-refractivity contribution in [2.75, 3.05) is 13.1 Å². The molecule has 1 fully saturated rings. The first-order chi connectivity index (χ1) is 27.6. The molecule has 1 aliphatic heterocycles. The molecule has 20 nitrogen and oxygen atoms in total. The number of Topliss-reactive ketones (excluding diaryl/α,β-unsaturated/α-hetero) is 1. The van der Waals surface area contributed by atoms with Crippen LogP contribution in [-0.4, -0.2) is 118 Å². The van der Waals surface area contributed by atoms with Crippen molar-refractivity contribution in [1.82, 2.24) is 26.2 Å². The Morgan fingerprint density at radius 2 is 1.49 bits per heavy atom. The molecule has 7 atom stereocenters. The van der Waals surface area contributed by atoms with Crippen LogP contribution in [0.4, 0.5) is 0 Å². The highest BCUT2D eigenvalue weighted by Crippen LogP contribution is 2.23. The molecule has 6 amide bonds. The SMILES string of the molecule is CC(C)C[C@@H](CC(=O)[C@@H](CCC(=O)O)NC(=O)[C@@H](C(C)C)N1C[C@@H](NC(=O)[C@@H](Cc2ccc(O)cc2)NC(=O)[C@H](N)CCCN=C(N)N)CC1=O)C(=O)N[C@H](C)C(N)=O. The fourth-order valence-electron chi connectivity index (χ4n) is 6.69. The predicted molar refractivity (Wildman–Crippen MR) is 217 cm³/mol. The van der Waals surface area contributed by atoms with Crippen molar-refractivity contribution in [2.24, 2.45) is 45.7 Å². The summed E-state index contributed by atoms with van der Waals surface area (Å²) in [6, 6.07) is -0.378. The molecule has 0 unspecified atom stereocenters. The fourth-order valence-corrected chi connectivity index (χ4v) is 6.69. The minimum atomic E-state index is -1.33. The first kappa shape index (κ1) is 49.4. The van der Waals surface area contributed by atoms with Crippen LogP contribution in [0.3, 0.4) is 0 Å². The lowest BCUT2D eigenvalue weighted by Gasteiger charge is -2.32. The van der Waals surface area contributed by atoms with E-state index in [4.69, 9.17) is 22.9 Å². The highest BCUT2D eigenvalue weighted by Gasteiger charge is 2.41. The maximum Gasteiger partial charge on any atom is 0.303 e. The largest absolute Gasteiger partial charge is 0.508 e. The number of aromatic hydroxyl groups is 1. The Kier molecular flexibility index (Phi) is 19.7. The van der Waals surface area contributed by atoms with Crippen molar-refractivity contribution in [2.45, 2.75) is 122 Å². The number of benzene rings is 1. The third-order valence-corrected chi connectivity index (χ3v) is 9.77. The molecule has 0 spiro atoms. The van der Waals surface area contributed by atoms with E-state index >= 15 is 0 Å². The summed E-state index contributed by atoms with van der Waals surface area (Å²) in [5.74, 6) is -7.20. The molecule has 0 aromatic heterocycles. The molecule has 14 N–H and O–H groups in total. The Morgan fingerprint density at radius 1 is 0.864 bits per heavy atom. The van der Waals surface area contributed by atoms with Crippen molar-refractivity contribution >= 4 is 53.2 Å². The molecule has 1 aromatic carbocycles. The Morgan fingerprint density at radius 3 is 2.05 bits per heavy atom. The molecule has 1 aromatic rings. The molecule has 0 aliphatic carbocycles. The highest BCUT2D eigenvalue weighted by molar-refractivity contribution is 5.96. The lowest BCUT2D eigenvalue weighted by atomic mass is 9.88. The number of guanidine groups is 1. The van der Waals surface area contributed by atoms with Crippen molar-refractivity contribution in [3.05, 3.63) is 29.8 Å². The van der Waals surface area contributed by atoms with Crippen molar-refractivity contribution in [3.63, 3.8) is 0 Å². The van der Waals surface area contributed by atoms with Gasteiger partial charge in [-0.1, -0.05) is 39.8 Å². The van der Waals surface area contributed by atoms with Crippen LogP contribution in [0.25, 0.3) is 0 Å². The minimum absolute atomic E-state index is 0.00177. The van der Waals surface area contributed by atoms with Gasteiger partial charge in [0.05, 0.1) is 18.1 Å². The number of likely N-dealkylation sites (tertiary alicyclic amines) is 1. The number of nitrogens with two attached hydrogens (primary N) is 4. The number of carboxylic acid groups (broad SMARTS) is 1. The Bertz CT molecular complexity index is 1680. The van der Waals surface area contributed by atoms with Gasteiger partial charge in [-0.25, -0.2) is 0 Å². The minimum Gasteiger partial charge on any atom is -0.508 e. The van der Waals surface area contributed by atoms with Gasteiger partial charge in [0.15, 0.2) is 11.7 Å². The van der Waals surface area contributed by atoms with Crippen molar-refractivity contribution < 1.29 is 48.6 Å². The number of carbonyl (C=O) groups is 8. The third kappa shape index (κ3) is 16.9. The van der Waals surface area contributed by atoms with Crippen LogP contribution in [0.15, 0.2) is 29.3 Å². The number of hydrogen-bond acceptors (Lipinski definition) is 11. The van der Waals surface area contributed by atoms with Gasteiger partial charge in [-0.05, 0) is 62.1 Å². The van der Waals surface area contributed by atoms with Crippen LogP contribution in [0.2, 0.25) is 0 Å². The number of ketones is 1. The van der Waals surface area contributed by atoms with E-state index in [1.807, 2.05) is 13.8 Å². The monoisotopic (exact) mass is 830 g/mol. The summed E-state index contributed by atoms with van der Waals surface area (Å²) in [6.45, 7) is 8.59. The van der Waals surface area contributed by atoms with Crippen LogP contribution in [0.5, 0.6) is 5.75 Å². The van der Waals surface area contributed by atoms with Gasteiger partial charge in [0.1, 0.15) is 23.9 Å². The molecule has 20 heteroatoms. The number of carboxylic acids is 1. The van der Waals surface area contributed by atoms with E-state index in [1.54, 1.807) is 26.0 Å². The molecule has 1 heterocycles. The third-order valence-electron chi connectivity index (χ3n) is 9.77. The van der Waals surface area contributed by atoms with Gasteiger partial charge in [-0.15, -0.1) is 0 Å². The Labute approximate surface area is 344 Å². The topological polar surface area (TPSA) is 345 Å².